The van der Waals surface area contributed by atoms with Gasteiger partial charge in [0.25, 0.3) is 5.91 Å². The van der Waals surface area contributed by atoms with Crippen LogP contribution in [0.3, 0.4) is 0 Å². The first kappa shape index (κ1) is 25.8. The van der Waals surface area contributed by atoms with Crippen LogP contribution >= 0.6 is 11.3 Å². The van der Waals surface area contributed by atoms with Gasteiger partial charge in [-0.1, -0.05) is 0 Å². The maximum Gasteiger partial charge on any atom is 0.254 e. The summed E-state index contributed by atoms with van der Waals surface area (Å²) in [6.07, 6.45) is 13.0. The summed E-state index contributed by atoms with van der Waals surface area (Å²) in [5.74, 6) is 6.18. The number of aryl methyl sites for hydroxylation is 2. The largest absolute Gasteiger partial charge is 0.497 e. The molecule has 3 heterocycles. The van der Waals surface area contributed by atoms with Crippen LogP contribution in [-0.2, 0) is 18.3 Å². The summed E-state index contributed by atoms with van der Waals surface area (Å²) in [6, 6.07) is 5.42. The Labute approximate surface area is 246 Å². The first-order valence-electron chi connectivity index (χ1n) is 15.6. The van der Waals surface area contributed by atoms with Crippen LogP contribution < -0.4 is 14.4 Å². The SMILES string of the molecule is COc1cc(OC)cc(C(=O)N2CCN(c3nc(C45CC6CC(CC(C6)C4)C5)nc4sc5c(c34)CCCC5)CC2)c1. The molecule has 4 bridgehead atoms. The molecule has 7 nitrogen and oxygen atoms in total. The van der Waals surface area contributed by atoms with E-state index in [0.717, 1.165) is 48.9 Å². The van der Waals surface area contributed by atoms with Crippen LogP contribution in [0.4, 0.5) is 5.82 Å². The lowest BCUT2D eigenvalue weighted by Crippen LogP contribution is -2.50. The van der Waals surface area contributed by atoms with Gasteiger partial charge in [0, 0.05) is 48.1 Å². The van der Waals surface area contributed by atoms with E-state index < -0.39 is 0 Å². The second kappa shape index (κ2) is 9.85. The number of hydrogen-bond acceptors (Lipinski definition) is 7. The van der Waals surface area contributed by atoms with E-state index in [1.54, 1.807) is 32.4 Å². The van der Waals surface area contributed by atoms with E-state index in [0.29, 0.717) is 30.2 Å². The minimum Gasteiger partial charge on any atom is -0.497 e. The molecule has 0 spiro atoms. The Morgan fingerprint density at radius 2 is 1.51 bits per heavy atom. The van der Waals surface area contributed by atoms with Gasteiger partial charge in [0.1, 0.15) is 28.0 Å². The molecule has 0 unspecified atom stereocenters. The van der Waals surface area contributed by atoms with Crippen molar-refractivity contribution in [1.29, 1.82) is 0 Å². The molecule has 1 aliphatic heterocycles. The number of carbonyl (C=O) groups excluding carboxylic acids is 1. The minimum absolute atomic E-state index is 0.0249. The monoisotopic (exact) mass is 572 g/mol. The standard InChI is InChI=1S/C33H40N4O3S/c1-39-24-14-23(15-25(16-24)40-2)31(38)37-9-7-36(8-10-37)29-28-26-5-3-4-6-27(26)41-30(28)35-32(34-29)33-17-20-11-21(18-33)13-22(12-20)19-33/h14-16,20-22H,3-13,17-19H2,1-2H3. The second-order valence-electron chi connectivity index (χ2n) is 13.3. The number of anilines is 1. The lowest BCUT2D eigenvalue weighted by atomic mass is 9.49. The van der Waals surface area contributed by atoms with Crippen molar-refractivity contribution in [3.63, 3.8) is 0 Å². The zero-order valence-corrected chi connectivity index (χ0v) is 25.1. The Hall–Kier alpha value is -2.87. The van der Waals surface area contributed by atoms with Crippen molar-refractivity contribution in [2.45, 2.75) is 69.6 Å². The van der Waals surface area contributed by atoms with Crippen molar-refractivity contribution in [2.24, 2.45) is 17.8 Å². The fourth-order valence-electron chi connectivity index (χ4n) is 9.22. The highest BCUT2D eigenvalue weighted by Gasteiger charge is 2.53. The number of amides is 1. The third kappa shape index (κ3) is 4.31. The van der Waals surface area contributed by atoms with Crippen LogP contribution in [0.5, 0.6) is 11.5 Å². The number of methoxy groups -OCH3 is 2. The van der Waals surface area contributed by atoms with Gasteiger partial charge in [-0.2, -0.15) is 0 Å². The Balaban J connectivity index is 1.12. The molecule has 3 aromatic rings. The summed E-state index contributed by atoms with van der Waals surface area (Å²) >= 11 is 1.94. The number of benzene rings is 1. The van der Waals surface area contributed by atoms with Gasteiger partial charge in [-0.25, -0.2) is 9.97 Å². The molecule has 0 N–H and O–H groups in total. The zero-order chi connectivity index (χ0) is 27.7. The second-order valence-corrected chi connectivity index (χ2v) is 14.4. The van der Waals surface area contributed by atoms with Gasteiger partial charge in [-0.15, -0.1) is 11.3 Å². The van der Waals surface area contributed by atoms with Gasteiger partial charge in [0.05, 0.1) is 19.6 Å². The molecule has 41 heavy (non-hydrogen) atoms. The summed E-state index contributed by atoms with van der Waals surface area (Å²) in [7, 11) is 3.23. The van der Waals surface area contributed by atoms with Gasteiger partial charge in [-0.3, -0.25) is 4.79 Å². The molecular weight excluding hydrogens is 532 g/mol. The van der Waals surface area contributed by atoms with E-state index in [-0.39, 0.29) is 11.3 Å². The van der Waals surface area contributed by atoms with E-state index in [2.05, 4.69) is 4.90 Å². The number of aromatic nitrogens is 2. The van der Waals surface area contributed by atoms with E-state index in [4.69, 9.17) is 19.4 Å². The lowest BCUT2D eigenvalue weighted by Gasteiger charge is -2.56. The highest BCUT2D eigenvalue weighted by Crippen LogP contribution is 2.60. The Kier molecular flexibility index (Phi) is 6.20. The average Bonchev–Trinajstić information content (AvgIpc) is 3.38. The normalized spacial score (nSPS) is 28.7. The first-order valence-corrected chi connectivity index (χ1v) is 16.4. The molecule has 1 saturated heterocycles. The maximum atomic E-state index is 13.5. The highest BCUT2D eigenvalue weighted by atomic mass is 32.1. The van der Waals surface area contributed by atoms with E-state index in [9.17, 15) is 4.79 Å². The lowest BCUT2D eigenvalue weighted by molar-refractivity contribution is -0.00918. The van der Waals surface area contributed by atoms with E-state index in [1.165, 1.54) is 78.4 Å². The van der Waals surface area contributed by atoms with Gasteiger partial charge >= 0.3 is 0 Å². The molecule has 9 rings (SSSR count). The third-order valence-electron chi connectivity index (χ3n) is 10.8. The zero-order valence-electron chi connectivity index (χ0n) is 24.3. The topological polar surface area (TPSA) is 67.8 Å². The molecule has 5 fully saturated rings. The molecule has 6 aliphatic rings. The number of ether oxygens (including phenoxy) is 2. The van der Waals surface area contributed by atoms with Gasteiger partial charge in [-0.05, 0) is 99.7 Å². The van der Waals surface area contributed by atoms with Crippen LogP contribution in [0.15, 0.2) is 18.2 Å². The van der Waals surface area contributed by atoms with Crippen molar-refractivity contribution in [3.8, 4) is 11.5 Å². The number of carbonyl (C=O) groups is 1. The molecular formula is C33H40N4O3S. The van der Waals surface area contributed by atoms with Crippen LogP contribution in [0.1, 0.15) is 78.0 Å². The van der Waals surface area contributed by atoms with Crippen molar-refractivity contribution in [1.82, 2.24) is 14.9 Å². The Morgan fingerprint density at radius 1 is 0.878 bits per heavy atom. The summed E-state index contributed by atoms with van der Waals surface area (Å²) in [6.45, 7) is 2.90. The van der Waals surface area contributed by atoms with Crippen molar-refractivity contribution in [3.05, 3.63) is 40.0 Å². The smallest absolute Gasteiger partial charge is 0.254 e. The Bertz CT molecular complexity index is 1450. The van der Waals surface area contributed by atoms with Crippen molar-refractivity contribution in [2.75, 3.05) is 45.3 Å². The number of nitrogens with zero attached hydrogens (tertiary/aromatic N) is 4. The molecule has 2 aromatic heterocycles. The molecule has 0 radical (unpaired) electrons. The van der Waals surface area contributed by atoms with Crippen molar-refractivity contribution >= 4 is 33.3 Å². The summed E-state index contributed by atoms with van der Waals surface area (Å²) in [4.78, 5) is 31.7. The average molecular weight is 573 g/mol. The minimum atomic E-state index is 0.0249. The van der Waals surface area contributed by atoms with Gasteiger partial charge in [0.15, 0.2) is 0 Å². The van der Waals surface area contributed by atoms with Gasteiger partial charge < -0.3 is 19.3 Å². The fraction of sp³-hybridized carbons (Fsp3) is 0.606. The molecule has 5 aliphatic carbocycles. The van der Waals surface area contributed by atoms with E-state index >= 15 is 0 Å². The predicted molar refractivity (Wildman–Crippen MR) is 162 cm³/mol. The number of piperazine rings is 1. The fourth-order valence-corrected chi connectivity index (χ4v) is 10.5. The maximum absolute atomic E-state index is 13.5. The number of hydrogen-bond donors (Lipinski definition) is 0. The third-order valence-corrected chi connectivity index (χ3v) is 12.0. The molecule has 1 amide bonds. The highest BCUT2D eigenvalue weighted by molar-refractivity contribution is 7.19. The number of fused-ring (bicyclic) bond motifs is 3. The molecule has 4 saturated carbocycles. The summed E-state index contributed by atoms with van der Waals surface area (Å²) in [5, 5.41) is 1.32. The van der Waals surface area contributed by atoms with Gasteiger partial charge in [0.2, 0.25) is 0 Å². The summed E-state index contributed by atoms with van der Waals surface area (Å²) in [5.41, 5.74) is 2.28. The molecule has 216 valence electrons. The van der Waals surface area contributed by atoms with Crippen LogP contribution in [0.2, 0.25) is 0 Å². The first-order chi connectivity index (χ1) is 20.0. The number of rotatable bonds is 5. The quantitative estimate of drug-likeness (QED) is 0.373. The molecule has 1 aromatic carbocycles. The van der Waals surface area contributed by atoms with Crippen molar-refractivity contribution < 1.29 is 14.3 Å². The van der Waals surface area contributed by atoms with E-state index in [1.807, 2.05) is 16.2 Å². The molecule has 8 heteroatoms. The molecule has 0 atom stereocenters. The van der Waals surface area contributed by atoms with Crippen LogP contribution in [0.25, 0.3) is 10.2 Å². The summed E-state index contributed by atoms with van der Waals surface area (Å²) < 4.78 is 10.8. The van der Waals surface area contributed by atoms with Crippen LogP contribution in [-0.4, -0.2) is 61.2 Å². The predicted octanol–water partition coefficient (Wildman–Crippen LogP) is 6.02. The van der Waals surface area contributed by atoms with Crippen LogP contribution in [0, 0.1) is 17.8 Å². The Morgan fingerprint density at radius 3 is 2.15 bits per heavy atom. The number of thiophene rings is 1.